The maximum atomic E-state index is 12.3. The van der Waals surface area contributed by atoms with E-state index in [1.165, 1.54) is 0 Å². The molecule has 31 heavy (non-hydrogen) atoms. The summed E-state index contributed by atoms with van der Waals surface area (Å²) >= 11 is 0. The van der Waals surface area contributed by atoms with Crippen molar-refractivity contribution < 1.29 is 19.2 Å². The van der Waals surface area contributed by atoms with Crippen molar-refractivity contribution in [3.63, 3.8) is 0 Å². The zero-order chi connectivity index (χ0) is 22.2. The van der Waals surface area contributed by atoms with Gasteiger partial charge in [-0.15, -0.1) is 0 Å². The number of nitrogens with one attached hydrogen (secondary N) is 3. The van der Waals surface area contributed by atoms with Crippen LogP contribution in [-0.2, 0) is 22.6 Å². The monoisotopic (exact) mass is 420 g/mol. The van der Waals surface area contributed by atoms with E-state index in [9.17, 15) is 9.59 Å². The van der Waals surface area contributed by atoms with E-state index in [2.05, 4.69) is 28.8 Å². The summed E-state index contributed by atoms with van der Waals surface area (Å²) in [5.74, 6) is 0.459. The van der Waals surface area contributed by atoms with Gasteiger partial charge in [0.05, 0.1) is 20.7 Å². The summed E-state index contributed by atoms with van der Waals surface area (Å²) in [7, 11) is 3.63. The number of para-hydroxylation sites is 1. The van der Waals surface area contributed by atoms with Crippen molar-refractivity contribution in [2.45, 2.75) is 19.9 Å². The fraction of sp³-hybridized carbons (Fsp3) is 0.280. The number of benzene rings is 3. The van der Waals surface area contributed by atoms with Gasteiger partial charge in [-0.05, 0) is 47.0 Å². The molecule has 0 saturated heterocycles. The first-order chi connectivity index (χ1) is 15.0. The van der Waals surface area contributed by atoms with E-state index in [0.29, 0.717) is 13.1 Å². The van der Waals surface area contributed by atoms with Crippen LogP contribution in [0.1, 0.15) is 18.1 Å². The summed E-state index contributed by atoms with van der Waals surface area (Å²) < 4.78 is 5.27. The van der Waals surface area contributed by atoms with Crippen LogP contribution in [0.2, 0.25) is 0 Å². The van der Waals surface area contributed by atoms with Crippen LogP contribution in [-0.4, -0.2) is 39.1 Å². The number of anilines is 1. The average molecular weight is 421 g/mol. The predicted molar refractivity (Wildman–Crippen MR) is 123 cm³/mol. The molecule has 0 bridgehead atoms. The molecule has 6 heteroatoms. The van der Waals surface area contributed by atoms with E-state index >= 15 is 0 Å². The molecular formula is C25H30N3O3+. The van der Waals surface area contributed by atoms with Gasteiger partial charge in [0, 0.05) is 11.3 Å². The van der Waals surface area contributed by atoms with Crippen molar-refractivity contribution in [1.29, 1.82) is 0 Å². The fourth-order valence-corrected chi connectivity index (χ4v) is 3.58. The molecule has 0 heterocycles. The molecule has 162 valence electrons. The lowest BCUT2D eigenvalue weighted by molar-refractivity contribution is -0.885. The number of hydrogen-bond donors (Lipinski definition) is 3. The fourth-order valence-electron chi connectivity index (χ4n) is 3.58. The van der Waals surface area contributed by atoms with Crippen LogP contribution >= 0.6 is 0 Å². The number of ether oxygens (including phenoxy) is 1. The summed E-state index contributed by atoms with van der Waals surface area (Å²) in [5, 5.41) is 7.84. The van der Waals surface area contributed by atoms with E-state index in [1.807, 2.05) is 56.4 Å². The maximum Gasteiger partial charge on any atom is 0.275 e. The highest BCUT2D eigenvalue weighted by Crippen LogP contribution is 2.21. The summed E-state index contributed by atoms with van der Waals surface area (Å²) in [6, 6.07) is 19.9. The number of fused-ring (bicyclic) bond motifs is 1. The highest BCUT2D eigenvalue weighted by Gasteiger charge is 2.13. The highest BCUT2D eigenvalue weighted by molar-refractivity contribution is 5.95. The number of carbonyl (C=O) groups is 2. The topological polar surface area (TPSA) is 71.9 Å². The van der Waals surface area contributed by atoms with Gasteiger partial charge in [0.1, 0.15) is 12.3 Å². The molecule has 6 nitrogen and oxygen atoms in total. The number of methoxy groups -OCH3 is 1. The van der Waals surface area contributed by atoms with E-state index in [0.717, 1.165) is 44.7 Å². The van der Waals surface area contributed by atoms with Crippen LogP contribution < -0.4 is 20.3 Å². The summed E-state index contributed by atoms with van der Waals surface area (Å²) in [4.78, 5) is 25.5. The normalized spacial score (nSPS) is 11.7. The average Bonchev–Trinajstić information content (AvgIpc) is 2.77. The lowest BCUT2D eigenvalue weighted by Gasteiger charge is -2.15. The van der Waals surface area contributed by atoms with Crippen molar-refractivity contribution in [3.8, 4) is 5.75 Å². The first-order valence-electron chi connectivity index (χ1n) is 10.5. The lowest BCUT2D eigenvalue weighted by atomic mass is 10.1. The summed E-state index contributed by atoms with van der Waals surface area (Å²) in [6.07, 6.45) is 0.833. The molecule has 3 rings (SSSR count). The standard InChI is InChI=1S/C25H29N3O3/c1-4-19-7-5-6-8-23(19)27-24(29)15-26-25(30)17-28(2)16-18-9-10-21-14-22(31-3)12-11-20(21)13-18/h5-14H,4,15-17H2,1-3H3,(H,26,30)(H,27,29)/p+1. The Bertz CT molecular complexity index is 1060. The molecule has 1 atom stereocenters. The minimum atomic E-state index is -0.225. The SMILES string of the molecule is CCc1ccccc1NC(=O)CNC(=O)C[NH+](C)Cc1ccc2cc(OC)ccc2c1. The van der Waals surface area contributed by atoms with Gasteiger partial charge < -0.3 is 20.3 Å². The zero-order valence-electron chi connectivity index (χ0n) is 18.3. The Hall–Kier alpha value is -3.38. The van der Waals surface area contributed by atoms with E-state index in [1.54, 1.807) is 7.11 Å². The van der Waals surface area contributed by atoms with Gasteiger partial charge in [-0.1, -0.05) is 43.3 Å². The molecule has 3 N–H and O–H groups in total. The third-order valence-corrected chi connectivity index (χ3v) is 5.20. The summed E-state index contributed by atoms with van der Waals surface area (Å²) in [6.45, 7) is 3.00. The number of amides is 2. The number of hydrogen-bond acceptors (Lipinski definition) is 3. The van der Waals surface area contributed by atoms with Crippen LogP contribution in [0.25, 0.3) is 10.8 Å². The third kappa shape index (κ3) is 6.30. The van der Waals surface area contributed by atoms with Gasteiger partial charge in [-0.2, -0.15) is 0 Å². The Morgan fingerprint density at radius 1 is 0.968 bits per heavy atom. The van der Waals surface area contributed by atoms with Crippen LogP contribution in [0.15, 0.2) is 60.7 Å². The van der Waals surface area contributed by atoms with Gasteiger partial charge in [0.25, 0.3) is 5.91 Å². The molecule has 0 aliphatic heterocycles. The molecule has 3 aromatic rings. The van der Waals surface area contributed by atoms with E-state index < -0.39 is 0 Å². The van der Waals surface area contributed by atoms with Gasteiger partial charge in [-0.3, -0.25) is 9.59 Å². The Balaban J connectivity index is 1.48. The Labute approximate surface area is 183 Å². The van der Waals surface area contributed by atoms with Crippen LogP contribution in [0, 0.1) is 0 Å². The second kappa shape index (κ2) is 10.6. The van der Waals surface area contributed by atoms with Crippen LogP contribution in [0.5, 0.6) is 5.75 Å². The van der Waals surface area contributed by atoms with Crippen molar-refractivity contribution in [3.05, 3.63) is 71.8 Å². The molecule has 2 amide bonds. The van der Waals surface area contributed by atoms with Gasteiger partial charge in [-0.25, -0.2) is 0 Å². The Morgan fingerprint density at radius 3 is 2.48 bits per heavy atom. The highest BCUT2D eigenvalue weighted by atomic mass is 16.5. The molecule has 3 aromatic carbocycles. The summed E-state index contributed by atoms with van der Waals surface area (Å²) in [5.41, 5.74) is 3.01. The first-order valence-corrected chi connectivity index (χ1v) is 10.5. The lowest BCUT2D eigenvalue weighted by Crippen LogP contribution is -3.08. The van der Waals surface area contributed by atoms with Gasteiger partial charge >= 0.3 is 0 Å². The smallest absolute Gasteiger partial charge is 0.275 e. The molecule has 0 fully saturated rings. The third-order valence-electron chi connectivity index (χ3n) is 5.20. The second-order valence-corrected chi connectivity index (χ2v) is 7.69. The van der Waals surface area contributed by atoms with Crippen molar-refractivity contribution in [1.82, 2.24) is 5.32 Å². The van der Waals surface area contributed by atoms with E-state index in [4.69, 9.17) is 4.74 Å². The molecule has 0 radical (unpaired) electrons. The zero-order valence-corrected chi connectivity index (χ0v) is 18.3. The molecule has 0 aliphatic rings. The molecule has 0 aliphatic carbocycles. The maximum absolute atomic E-state index is 12.3. The largest absolute Gasteiger partial charge is 0.497 e. The Morgan fingerprint density at radius 2 is 1.71 bits per heavy atom. The number of carbonyl (C=O) groups excluding carboxylic acids is 2. The molecule has 1 unspecified atom stereocenters. The van der Waals surface area contributed by atoms with Gasteiger partial charge in [0.2, 0.25) is 5.91 Å². The van der Waals surface area contributed by atoms with Crippen molar-refractivity contribution in [2.24, 2.45) is 0 Å². The first kappa shape index (κ1) is 22.3. The second-order valence-electron chi connectivity index (χ2n) is 7.69. The predicted octanol–water partition coefficient (Wildman–Crippen LogP) is 2.18. The van der Waals surface area contributed by atoms with Crippen LogP contribution in [0.4, 0.5) is 5.69 Å². The van der Waals surface area contributed by atoms with Crippen LogP contribution in [0.3, 0.4) is 0 Å². The van der Waals surface area contributed by atoms with Crippen molar-refractivity contribution in [2.75, 3.05) is 32.6 Å². The van der Waals surface area contributed by atoms with E-state index in [-0.39, 0.29) is 18.4 Å². The minimum Gasteiger partial charge on any atom is -0.497 e. The van der Waals surface area contributed by atoms with Gasteiger partial charge in [0.15, 0.2) is 6.54 Å². The number of quaternary nitrogens is 1. The molecule has 0 saturated carbocycles. The molecule has 0 spiro atoms. The quantitative estimate of drug-likeness (QED) is 0.497. The Kier molecular flexibility index (Phi) is 7.62. The minimum absolute atomic E-state index is 0.0397. The molecule has 0 aromatic heterocycles. The number of rotatable bonds is 9. The molecular weight excluding hydrogens is 390 g/mol. The van der Waals surface area contributed by atoms with Crippen molar-refractivity contribution >= 4 is 28.3 Å². The number of aryl methyl sites for hydroxylation is 1. The number of likely N-dealkylation sites (N-methyl/N-ethyl adjacent to an activating group) is 1.